The molecule has 104 valence electrons. The Morgan fingerprint density at radius 2 is 1.95 bits per heavy atom. The van der Waals surface area contributed by atoms with Gasteiger partial charge in [0.2, 0.25) is 5.95 Å². The minimum atomic E-state index is -0.679. The van der Waals surface area contributed by atoms with Crippen LogP contribution in [0.25, 0.3) is 0 Å². The summed E-state index contributed by atoms with van der Waals surface area (Å²) in [6.07, 6.45) is 2.87. The smallest absolute Gasteiger partial charge is 0.213 e. The van der Waals surface area contributed by atoms with E-state index in [1.54, 1.807) is 24.3 Å². The summed E-state index contributed by atoms with van der Waals surface area (Å²) in [5, 5.41) is -0.679. The average Bonchev–Trinajstić information content (AvgIpc) is 2.45. The van der Waals surface area contributed by atoms with Crippen molar-refractivity contribution in [3.8, 4) is 0 Å². The number of benzene rings is 1. The molecule has 0 fully saturated rings. The van der Waals surface area contributed by atoms with Crippen LogP contribution in [-0.4, -0.2) is 4.98 Å². The highest BCUT2D eigenvalue weighted by Gasteiger charge is 2.18. The van der Waals surface area contributed by atoms with Crippen molar-refractivity contribution in [1.82, 2.24) is 4.98 Å². The summed E-state index contributed by atoms with van der Waals surface area (Å²) in [5.41, 5.74) is 1.52. The van der Waals surface area contributed by atoms with Crippen molar-refractivity contribution in [2.24, 2.45) is 0 Å². The van der Waals surface area contributed by atoms with E-state index in [0.29, 0.717) is 29.7 Å². The average molecular weight is 294 g/mol. The second-order valence-corrected chi connectivity index (χ2v) is 4.82. The molecule has 0 amide bonds. The molecule has 0 radical (unpaired) electrons. The first-order valence-electron chi connectivity index (χ1n) is 6.28. The molecule has 1 unspecified atom stereocenters. The minimum absolute atomic E-state index is 0.314. The lowest BCUT2D eigenvalue weighted by Crippen LogP contribution is -2.04. The molecule has 0 bridgehead atoms. The third-order valence-corrected chi connectivity index (χ3v) is 3.48. The van der Waals surface area contributed by atoms with Gasteiger partial charge in [-0.05, 0) is 42.2 Å². The van der Waals surface area contributed by atoms with Crippen LogP contribution in [0.3, 0.4) is 0 Å². The van der Waals surface area contributed by atoms with Crippen molar-refractivity contribution in [3.05, 3.63) is 77.6 Å². The van der Waals surface area contributed by atoms with Crippen molar-refractivity contribution in [3.63, 3.8) is 0 Å². The first-order valence-corrected chi connectivity index (χ1v) is 6.72. The Balaban J connectivity index is 2.40. The molecule has 0 saturated carbocycles. The Bertz CT molecular complexity index is 613. The molecule has 0 aliphatic rings. The summed E-state index contributed by atoms with van der Waals surface area (Å²) in [4.78, 5) is 3.76. The molecule has 0 aliphatic carbocycles. The van der Waals surface area contributed by atoms with Gasteiger partial charge in [-0.2, -0.15) is 4.39 Å². The molecule has 4 heteroatoms. The van der Waals surface area contributed by atoms with Crippen LogP contribution in [0.4, 0.5) is 8.78 Å². The van der Waals surface area contributed by atoms with Crippen LogP contribution in [0, 0.1) is 11.8 Å². The minimum Gasteiger partial charge on any atom is -0.223 e. The molecule has 1 atom stereocenters. The van der Waals surface area contributed by atoms with Gasteiger partial charge in [0.25, 0.3) is 0 Å². The van der Waals surface area contributed by atoms with Gasteiger partial charge in [-0.3, -0.25) is 0 Å². The lowest BCUT2D eigenvalue weighted by molar-refractivity contribution is 0.576. The number of hydrogen-bond acceptors (Lipinski definition) is 1. The molecule has 0 spiro atoms. The van der Waals surface area contributed by atoms with Gasteiger partial charge in [0.15, 0.2) is 0 Å². The Labute approximate surface area is 121 Å². The zero-order valence-corrected chi connectivity index (χ0v) is 11.6. The number of alkyl halides is 1. The summed E-state index contributed by atoms with van der Waals surface area (Å²) in [6, 6.07) is 9.14. The molecule has 1 nitrogen and oxygen atoms in total. The molecule has 0 aliphatic heterocycles. The summed E-state index contributed by atoms with van der Waals surface area (Å²) >= 11 is 6.34. The quantitative estimate of drug-likeness (QED) is 0.438. The van der Waals surface area contributed by atoms with E-state index in [2.05, 4.69) is 11.6 Å². The summed E-state index contributed by atoms with van der Waals surface area (Å²) in [6.45, 7) is 3.63. The van der Waals surface area contributed by atoms with Crippen molar-refractivity contribution in [1.29, 1.82) is 0 Å². The zero-order chi connectivity index (χ0) is 14.5. The van der Waals surface area contributed by atoms with Gasteiger partial charge >= 0.3 is 0 Å². The van der Waals surface area contributed by atoms with E-state index in [0.717, 1.165) is 0 Å². The topological polar surface area (TPSA) is 12.9 Å². The number of hydrogen-bond donors (Lipinski definition) is 0. The predicted octanol–water partition coefficient (Wildman–Crippen LogP) is 4.81. The van der Waals surface area contributed by atoms with E-state index >= 15 is 0 Å². The third kappa shape index (κ3) is 3.23. The van der Waals surface area contributed by atoms with Crippen LogP contribution in [0.1, 0.15) is 28.6 Å². The normalized spacial score (nSPS) is 12.2. The Morgan fingerprint density at radius 3 is 2.65 bits per heavy atom. The Morgan fingerprint density at radius 1 is 1.20 bits per heavy atom. The zero-order valence-electron chi connectivity index (χ0n) is 10.8. The maximum absolute atomic E-state index is 13.9. The van der Waals surface area contributed by atoms with E-state index in [1.165, 1.54) is 18.2 Å². The van der Waals surface area contributed by atoms with Gasteiger partial charge in [0, 0.05) is 0 Å². The van der Waals surface area contributed by atoms with Gasteiger partial charge in [-0.1, -0.05) is 24.3 Å². The van der Waals surface area contributed by atoms with Gasteiger partial charge < -0.3 is 0 Å². The summed E-state index contributed by atoms with van der Waals surface area (Å²) < 4.78 is 27.1. The number of rotatable bonds is 5. The summed E-state index contributed by atoms with van der Waals surface area (Å²) in [7, 11) is 0. The number of allylic oxidation sites excluding steroid dienone is 1. The highest BCUT2D eigenvalue weighted by Crippen LogP contribution is 2.31. The highest BCUT2D eigenvalue weighted by atomic mass is 35.5. The first-order chi connectivity index (χ1) is 9.63. The van der Waals surface area contributed by atoms with Crippen LogP contribution in [-0.2, 0) is 6.42 Å². The first kappa shape index (κ1) is 14.7. The van der Waals surface area contributed by atoms with Gasteiger partial charge in [-0.15, -0.1) is 18.2 Å². The van der Waals surface area contributed by atoms with E-state index in [9.17, 15) is 8.78 Å². The monoisotopic (exact) mass is 293 g/mol. The van der Waals surface area contributed by atoms with Crippen molar-refractivity contribution in [2.75, 3.05) is 0 Å². The molecule has 0 N–H and O–H groups in total. The second kappa shape index (κ2) is 6.62. The maximum atomic E-state index is 13.9. The van der Waals surface area contributed by atoms with Crippen LogP contribution >= 0.6 is 11.6 Å². The van der Waals surface area contributed by atoms with E-state index < -0.39 is 11.3 Å². The number of halogens is 3. The van der Waals surface area contributed by atoms with Crippen LogP contribution in [0.5, 0.6) is 0 Å². The standard InChI is InChI=1S/C16H14ClF2N/c1-2-3-6-11-12(7-4-8-13(11)18)16(17)14-9-5-10-15(19)20-14/h2,4-5,7-10,16H,1,3,6H2. The van der Waals surface area contributed by atoms with Gasteiger partial charge in [0.05, 0.1) is 5.69 Å². The molecular weight excluding hydrogens is 280 g/mol. The van der Waals surface area contributed by atoms with Crippen LogP contribution in [0.15, 0.2) is 49.1 Å². The fourth-order valence-electron chi connectivity index (χ4n) is 2.05. The van der Waals surface area contributed by atoms with Crippen LogP contribution < -0.4 is 0 Å². The fourth-order valence-corrected chi connectivity index (χ4v) is 2.37. The number of nitrogens with zero attached hydrogens (tertiary/aromatic N) is 1. The Kier molecular flexibility index (Phi) is 4.85. The maximum Gasteiger partial charge on any atom is 0.213 e. The second-order valence-electron chi connectivity index (χ2n) is 4.38. The third-order valence-electron chi connectivity index (χ3n) is 3.02. The number of pyridine rings is 1. The lowest BCUT2D eigenvalue weighted by atomic mass is 9.98. The summed E-state index contributed by atoms with van der Waals surface area (Å²) in [5.74, 6) is -0.913. The number of aromatic nitrogens is 1. The molecular formula is C16H14ClF2N. The fraction of sp³-hybridized carbons (Fsp3) is 0.188. The van der Waals surface area contributed by atoms with Crippen molar-refractivity contribution in [2.45, 2.75) is 18.2 Å². The molecule has 1 aromatic carbocycles. The molecule has 1 heterocycles. The van der Waals surface area contributed by atoms with E-state index in [4.69, 9.17) is 11.6 Å². The van der Waals surface area contributed by atoms with Gasteiger partial charge in [0.1, 0.15) is 11.2 Å². The molecule has 1 aromatic heterocycles. The van der Waals surface area contributed by atoms with E-state index in [1.807, 2.05) is 0 Å². The largest absolute Gasteiger partial charge is 0.223 e. The molecule has 2 rings (SSSR count). The Hall–Kier alpha value is -1.74. The molecule has 0 saturated heterocycles. The van der Waals surface area contributed by atoms with E-state index in [-0.39, 0.29) is 5.82 Å². The predicted molar refractivity (Wildman–Crippen MR) is 76.8 cm³/mol. The molecule has 20 heavy (non-hydrogen) atoms. The lowest BCUT2D eigenvalue weighted by Gasteiger charge is -2.15. The van der Waals surface area contributed by atoms with Crippen molar-refractivity contribution < 1.29 is 8.78 Å². The SMILES string of the molecule is C=CCCc1c(F)cccc1C(Cl)c1cccc(F)n1. The molecule has 2 aromatic rings. The van der Waals surface area contributed by atoms with Crippen molar-refractivity contribution >= 4 is 11.6 Å². The van der Waals surface area contributed by atoms with Gasteiger partial charge in [-0.25, -0.2) is 9.37 Å². The highest BCUT2D eigenvalue weighted by molar-refractivity contribution is 6.22. The van der Waals surface area contributed by atoms with Crippen LogP contribution in [0.2, 0.25) is 0 Å².